The highest BCUT2D eigenvalue weighted by molar-refractivity contribution is 9.10. The number of ether oxygens (including phenoxy) is 1. The SMILES string of the molecule is COCC(CCCl)NCc1cccc(Br)c1. The predicted molar refractivity (Wildman–Crippen MR) is 72.0 cm³/mol. The molecule has 4 heteroatoms. The molecule has 0 aliphatic rings. The molecule has 0 heterocycles. The second kappa shape index (κ2) is 8.07. The summed E-state index contributed by atoms with van der Waals surface area (Å²) in [4.78, 5) is 0. The van der Waals surface area contributed by atoms with Crippen molar-refractivity contribution in [3.63, 3.8) is 0 Å². The van der Waals surface area contributed by atoms with Crippen LogP contribution in [0.3, 0.4) is 0 Å². The highest BCUT2D eigenvalue weighted by atomic mass is 79.9. The highest BCUT2D eigenvalue weighted by Crippen LogP contribution is 2.11. The summed E-state index contributed by atoms with van der Waals surface area (Å²) < 4.78 is 6.24. The Bertz CT molecular complexity index is 303. The van der Waals surface area contributed by atoms with Gasteiger partial charge in [0.05, 0.1) is 6.61 Å². The lowest BCUT2D eigenvalue weighted by molar-refractivity contribution is 0.164. The van der Waals surface area contributed by atoms with Crippen LogP contribution in [-0.4, -0.2) is 25.6 Å². The Hall–Kier alpha value is -0.0900. The summed E-state index contributed by atoms with van der Waals surface area (Å²) in [6.07, 6.45) is 0.920. The van der Waals surface area contributed by atoms with E-state index in [-0.39, 0.29) is 0 Å². The number of alkyl halides is 1. The van der Waals surface area contributed by atoms with Crippen molar-refractivity contribution < 1.29 is 4.74 Å². The number of methoxy groups -OCH3 is 1. The van der Waals surface area contributed by atoms with Gasteiger partial charge in [-0.25, -0.2) is 0 Å². The van der Waals surface area contributed by atoms with Crippen LogP contribution in [0, 0.1) is 0 Å². The van der Waals surface area contributed by atoms with Crippen molar-refractivity contribution in [1.29, 1.82) is 0 Å². The predicted octanol–water partition coefficient (Wildman–Crippen LogP) is 3.18. The van der Waals surface area contributed by atoms with Crippen LogP contribution >= 0.6 is 27.5 Å². The molecule has 1 aromatic rings. The average molecular weight is 307 g/mol. The van der Waals surface area contributed by atoms with Gasteiger partial charge in [-0.05, 0) is 24.1 Å². The third-order valence-electron chi connectivity index (χ3n) is 2.31. The van der Waals surface area contributed by atoms with Crippen LogP contribution in [0.1, 0.15) is 12.0 Å². The minimum atomic E-state index is 0.321. The topological polar surface area (TPSA) is 21.3 Å². The summed E-state index contributed by atoms with van der Waals surface area (Å²) in [6, 6.07) is 8.59. The van der Waals surface area contributed by atoms with Crippen molar-refractivity contribution >= 4 is 27.5 Å². The molecular weight excluding hydrogens is 289 g/mol. The van der Waals surface area contributed by atoms with Crippen LogP contribution in [0.4, 0.5) is 0 Å². The molecule has 0 saturated carbocycles. The standard InChI is InChI=1S/C12H17BrClNO/c1-16-9-12(5-6-14)15-8-10-3-2-4-11(13)7-10/h2-4,7,12,15H,5-6,8-9H2,1H3. The maximum atomic E-state index is 5.74. The van der Waals surface area contributed by atoms with E-state index in [1.807, 2.05) is 12.1 Å². The zero-order valence-corrected chi connectivity index (χ0v) is 11.7. The molecule has 90 valence electrons. The molecule has 0 radical (unpaired) electrons. The summed E-state index contributed by atoms with van der Waals surface area (Å²) in [5.74, 6) is 0.652. The fraction of sp³-hybridized carbons (Fsp3) is 0.500. The fourth-order valence-electron chi connectivity index (χ4n) is 1.49. The van der Waals surface area contributed by atoms with Crippen molar-refractivity contribution in [2.75, 3.05) is 19.6 Å². The van der Waals surface area contributed by atoms with Gasteiger partial charge in [-0.2, -0.15) is 0 Å². The van der Waals surface area contributed by atoms with Crippen LogP contribution in [-0.2, 0) is 11.3 Å². The highest BCUT2D eigenvalue weighted by Gasteiger charge is 2.06. The van der Waals surface area contributed by atoms with E-state index in [4.69, 9.17) is 16.3 Å². The fourth-order valence-corrected chi connectivity index (χ4v) is 2.20. The van der Waals surface area contributed by atoms with Gasteiger partial charge in [0.1, 0.15) is 0 Å². The second-order valence-corrected chi connectivity index (χ2v) is 4.93. The summed E-state index contributed by atoms with van der Waals surface area (Å²) >= 11 is 9.19. The third kappa shape index (κ3) is 5.30. The number of rotatable bonds is 7. The Morgan fingerprint density at radius 2 is 2.31 bits per heavy atom. The number of halogens is 2. The molecule has 0 aromatic heterocycles. The van der Waals surface area contributed by atoms with Gasteiger partial charge in [0.15, 0.2) is 0 Å². The monoisotopic (exact) mass is 305 g/mol. The molecule has 16 heavy (non-hydrogen) atoms. The molecule has 1 atom stereocenters. The summed E-state index contributed by atoms with van der Waals surface area (Å²) in [7, 11) is 1.71. The van der Waals surface area contributed by atoms with Crippen molar-refractivity contribution in [3.05, 3.63) is 34.3 Å². The lowest BCUT2D eigenvalue weighted by Gasteiger charge is -2.16. The molecule has 1 aromatic carbocycles. The summed E-state index contributed by atoms with van der Waals surface area (Å²) in [6.45, 7) is 1.53. The molecule has 0 aliphatic heterocycles. The maximum absolute atomic E-state index is 5.74. The van der Waals surface area contributed by atoms with Crippen LogP contribution in [0.25, 0.3) is 0 Å². The van der Waals surface area contributed by atoms with Crippen molar-refractivity contribution in [2.24, 2.45) is 0 Å². The van der Waals surface area contributed by atoms with Crippen molar-refractivity contribution in [2.45, 2.75) is 19.0 Å². The molecule has 1 unspecified atom stereocenters. The first-order chi connectivity index (χ1) is 7.76. The first-order valence-corrected chi connectivity index (χ1v) is 6.61. The van der Waals surface area contributed by atoms with E-state index in [2.05, 4.69) is 33.4 Å². The smallest absolute Gasteiger partial charge is 0.0616 e. The van der Waals surface area contributed by atoms with E-state index in [1.54, 1.807) is 7.11 Å². The Morgan fingerprint density at radius 3 is 2.94 bits per heavy atom. The normalized spacial score (nSPS) is 12.7. The molecule has 0 amide bonds. The number of hydrogen-bond donors (Lipinski definition) is 1. The minimum Gasteiger partial charge on any atom is -0.383 e. The minimum absolute atomic E-state index is 0.321. The quantitative estimate of drug-likeness (QED) is 0.781. The summed E-state index contributed by atoms with van der Waals surface area (Å²) in [5.41, 5.74) is 1.25. The van der Waals surface area contributed by atoms with Gasteiger partial charge in [-0.1, -0.05) is 28.1 Å². The molecule has 2 nitrogen and oxygen atoms in total. The Labute approximate surface area is 110 Å². The van der Waals surface area contributed by atoms with Gasteiger partial charge in [0, 0.05) is 30.0 Å². The number of hydrogen-bond acceptors (Lipinski definition) is 2. The van der Waals surface area contributed by atoms with Crippen LogP contribution in [0.15, 0.2) is 28.7 Å². The molecular formula is C12H17BrClNO. The molecule has 1 rings (SSSR count). The summed E-state index contributed by atoms with van der Waals surface area (Å²) in [5, 5.41) is 3.43. The van der Waals surface area contributed by atoms with E-state index < -0.39 is 0 Å². The zero-order chi connectivity index (χ0) is 11.8. The Kier molecular flexibility index (Phi) is 7.05. The lowest BCUT2D eigenvalue weighted by atomic mass is 10.2. The Morgan fingerprint density at radius 1 is 1.50 bits per heavy atom. The molecule has 0 spiro atoms. The first-order valence-electron chi connectivity index (χ1n) is 5.29. The Balaban J connectivity index is 2.41. The van der Waals surface area contributed by atoms with Gasteiger partial charge in [-0.15, -0.1) is 11.6 Å². The van der Waals surface area contributed by atoms with Crippen LogP contribution < -0.4 is 5.32 Å². The van der Waals surface area contributed by atoms with Gasteiger partial charge >= 0.3 is 0 Å². The molecule has 0 aliphatic carbocycles. The van der Waals surface area contributed by atoms with Gasteiger partial charge < -0.3 is 10.1 Å². The van der Waals surface area contributed by atoms with E-state index >= 15 is 0 Å². The number of nitrogens with one attached hydrogen (secondary N) is 1. The number of benzene rings is 1. The van der Waals surface area contributed by atoms with Crippen LogP contribution in [0.5, 0.6) is 0 Å². The second-order valence-electron chi connectivity index (χ2n) is 3.64. The van der Waals surface area contributed by atoms with Crippen LogP contribution in [0.2, 0.25) is 0 Å². The van der Waals surface area contributed by atoms with Gasteiger partial charge in [0.2, 0.25) is 0 Å². The van der Waals surface area contributed by atoms with Gasteiger partial charge in [0.25, 0.3) is 0 Å². The zero-order valence-electron chi connectivity index (χ0n) is 9.38. The molecule has 1 N–H and O–H groups in total. The van der Waals surface area contributed by atoms with E-state index in [9.17, 15) is 0 Å². The molecule has 0 bridgehead atoms. The molecule has 0 saturated heterocycles. The van der Waals surface area contributed by atoms with E-state index in [1.165, 1.54) is 5.56 Å². The lowest BCUT2D eigenvalue weighted by Crippen LogP contribution is -2.33. The van der Waals surface area contributed by atoms with E-state index in [0.717, 1.165) is 17.4 Å². The average Bonchev–Trinajstić information content (AvgIpc) is 2.27. The van der Waals surface area contributed by atoms with Crippen molar-refractivity contribution in [1.82, 2.24) is 5.32 Å². The first kappa shape index (κ1) is 14.0. The largest absolute Gasteiger partial charge is 0.383 e. The maximum Gasteiger partial charge on any atom is 0.0616 e. The van der Waals surface area contributed by atoms with E-state index in [0.29, 0.717) is 18.5 Å². The van der Waals surface area contributed by atoms with Crippen molar-refractivity contribution in [3.8, 4) is 0 Å². The third-order valence-corrected chi connectivity index (χ3v) is 3.02. The van der Waals surface area contributed by atoms with Gasteiger partial charge in [-0.3, -0.25) is 0 Å². The molecule has 0 fully saturated rings.